The number of hydrogen-bond acceptors (Lipinski definition) is 4. The molecular weight excluding hydrogens is 209 g/mol. The van der Waals surface area contributed by atoms with Crippen molar-refractivity contribution in [3.05, 3.63) is 0 Å². The van der Waals surface area contributed by atoms with Crippen molar-refractivity contribution in [3.63, 3.8) is 0 Å². The van der Waals surface area contributed by atoms with Crippen molar-refractivity contribution in [1.82, 2.24) is 5.32 Å². The van der Waals surface area contributed by atoms with Gasteiger partial charge in [-0.3, -0.25) is 9.82 Å². The molecule has 0 aromatic carbocycles. The van der Waals surface area contributed by atoms with E-state index in [0.717, 1.165) is 6.42 Å². The average Bonchev–Trinajstić information content (AvgIpc) is 2.02. The van der Waals surface area contributed by atoms with Crippen molar-refractivity contribution < 1.29 is 24.5 Å². The van der Waals surface area contributed by atoms with Crippen molar-refractivity contribution in [2.24, 2.45) is 5.92 Å². The Balaban J connectivity index is 2.36. The molecule has 0 aliphatic carbocycles. The topological polar surface area (TPSA) is 99.0 Å². The Hall–Kier alpha value is 0.0300. The van der Waals surface area contributed by atoms with Gasteiger partial charge in [-0.15, -0.1) is 0 Å². The first kappa shape index (κ1) is 12.1. The van der Waals surface area contributed by atoms with Gasteiger partial charge in [0.2, 0.25) is 0 Å². The van der Waals surface area contributed by atoms with Crippen molar-refractivity contribution in [2.75, 3.05) is 19.3 Å². The molecule has 1 aliphatic heterocycles. The summed E-state index contributed by atoms with van der Waals surface area (Å²) in [6.45, 7) is 0.871. The monoisotopic (exact) mass is 225 g/mol. The van der Waals surface area contributed by atoms with Crippen LogP contribution in [-0.2, 0) is 9.45 Å². The fraction of sp³-hybridized carbons (Fsp3) is 1.00. The Kier molecular flexibility index (Phi) is 4.50. The van der Waals surface area contributed by atoms with Crippen LogP contribution in [0.3, 0.4) is 0 Å². The third-order valence-electron chi connectivity index (χ3n) is 2.38. The van der Waals surface area contributed by atoms with Crippen molar-refractivity contribution in [2.45, 2.75) is 18.9 Å². The van der Waals surface area contributed by atoms with Crippen LogP contribution in [0.4, 0.5) is 0 Å². The van der Waals surface area contributed by atoms with E-state index in [1.54, 1.807) is 0 Å². The number of piperidine rings is 1. The number of hydrogen-bond donors (Lipinski definition) is 4. The van der Waals surface area contributed by atoms with Gasteiger partial charge >= 0.3 is 7.60 Å². The van der Waals surface area contributed by atoms with Crippen LogP contribution in [0.15, 0.2) is 0 Å². The molecule has 1 saturated heterocycles. The van der Waals surface area contributed by atoms with E-state index in [0.29, 0.717) is 13.0 Å². The molecule has 1 rings (SSSR count). The lowest BCUT2D eigenvalue weighted by Gasteiger charge is -2.29. The molecule has 6 nitrogen and oxygen atoms in total. The first-order valence-electron chi connectivity index (χ1n) is 4.55. The molecule has 84 valence electrons. The highest BCUT2D eigenvalue weighted by atomic mass is 31.2. The van der Waals surface area contributed by atoms with Gasteiger partial charge in [0, 0.05) is 6.04 Å². The van der Waals surface area contributed by atoms with E-state index in [9.17, 15) is 4.57 Å². The Morgan fingerprint density at radius 2 is 2.21 bits per heavy atom. The predicted octanol–water partition coefficient (Wildman–Crippen LogP) is 0.0219. The smallest absolute Gasteiger partial charge is 0.324 e. The van der Waals surface area contributed by atoms with Crippen LogP contribution in [0.5, 0.6) is 0 Å². The highest BCUT2D eigenvalue weighted by molar-refractivity contribution is 7.51. The lowest BCUT2D eigenvalue weighted by Crippen LogP contribution is -2.41. The molecule has 1 heterocycles. The molecule has 1 unspecified atom stereocenters. The second-order valence-corrected chi connectivity index (χ2v) is 5.38. The molecule has 0 saturated carbocycles. The lowest BCUT2D eigenvalue weighted by atomic mass is 9.95. The fourth-order valence-corrected chi connectivity index (χ4v) is 2.82. The Morgan fingerprint density at radius 3 is 2.79 bits per heavy atom. The molecule has 0 amide bonds. The summed E-state index contributed by atoms with van der Waals surface area (Å²) in [4.78, 5) is 21.6. The van der Waals surface area contributed by atoms with Gasteiger partial charge in [-0.05, 0) is 25.3 Å². The molecular formula is C7H16NO5P. The summed E-state index contributed by atoms with van der Waals surface area (Å²) in [5, 5.41) is 11.3. The minimum Gasteiger partial charge on any atom is -0.324 e. The maximum Gasteiger partial charge on any atom is 0.325 e. The first-order valence-corrected chi connectivity index (χ1v) is 6.35. The SMILES string of the molecule is O=P(O)(O)C[C@H]1CCNC(COO)C1. The third kappa shape index (κ3) is 4.50. The molecule has 0 aromatic heterocycles. The minimum absolute atomic E-state index is 0.00898. The van der Waals surface area contributed by atoms with Crippen LogP contribution in [0.25, 0.3) is 0 Å². The van der Waals surface area contributed by atoms with Crippen molar-refractivity contribution in [3.8, 4) is 0 Å². The maximum absolute atomic E-state index is 10.8. The maximum atomic E-state index is 10.8. The summed E-state index contributed by atoms with van der Waals surface area (Å²) in [6, 6.07) is -0.00898. The molecule has 1 fully saturated rings. The quantitative estimate of drug-likeness (QED) is 0.306. The van der Waals surface area contributed by atoms with Crippen LogP contribution in [0.2, 0.25) is 0 Å². The molecule has 0 bridgehead atoms. The van der Waals surface area contributed by atoms with Gasteiger partial charge in [0.05, 0.1) is 12.8 Å². The Labute approximate surface area is 82.4 Å². The standard InChI is InChI=1S/C7H16NO5P/c9-13-4-7-3-6(1-2-8-7)5-14(10,11)12/h6-9H,1-5H2,(H2,10,11,12)/t6-,7?/m0/s1. The predicted molar refractivity (Wildman–Crippen MR) is 50.0 cm³/mol. The van der Waals surface area contributed by atoms with E-state index >= 15 is 0 Å². The Bertz CT molecular complexity index is 216. The third-order valence-corrected chi connectivity index (χ3v) is 3.37. The zero-order chi connectivity index (χ0) is 10.6. The van der Waals surface area contributed by atoms with E-state index in [2.05, 4.69) is 10.2 Å². The second-order valence-electron chi connectivity index (χ2n) is 3.68. The summed E-state index contributed by atoms with van der Waals surface area (Å²) < 4.78 is 10.8. The summed E-state index contributed by atoms with van der Waals surface area (Å²) in [6.07, 6.45) is 1.31. The summed E-state index contributed by atoms with van der Waals surface area (Å²) in [5.41, 5.74) is 0. The molecule has 7 heteroatoms. The minimum atomic E-state index is -3.91. The molecule has 2 atom stereocenters. The average molecular weight is 225 g/mol. The van der Waals surface area contributed by atoms with Crippen LogP contribution in [0, 0.1) is 5.92 Å². The summed E-state index contributed by atoms with van der Waals surface area (Å²) >= 11 is 0. The normalized spacial score (nSPS) is 29.1. The lowest BCUT2D eigenvalue weighted by molar-refractivity contribution is -0.247. The van der Waals surface area contributed by atoms with Gasteiger partial charge in [-0.1, -0.05) is 0 Å². The first-order chi connectivity index (χ1) is 6.51. The van der Waals surface area contributed by atoms with Gasteiger partial charge in [-0.2, -0.15) is 0 Å². The molecule has 4 N–H and O–H groups in total. The largest absolute Gasteiger partial charge is 0.325 e. The Morgan fingerprint density at radius 1 is 1.50 bits per heavy atom. The van der Waals surface area contributed by atoms with E-state index < -0.39 is 7.60 Å². The molecule has 14 heavy (non-hydrogen) atoms. The van der Waals surface area contributed by atoms with E-state index in [4.69, 9.17) is 15.0 Å². The highest BCUT2D eigenvalue weighted by Crippen LogP contribution is 2.39. The van der Waals surface area contributed by atoms with Gasteiger partial charge < -0.3 is 15.1 Å². The molecule has 0 spiro atoms. The second kappa shape index (κ2) is 5.21. The van der Waals surface area contributed by atoms with Gasteiger partial charge in [0.1, 0.15) is 0 Å². The number of rotatable bonds is 4. The van der Waals surface area contributed by atoms with Crippen LogP contribution >= 0.6 is 7.60 Å². The molecule has 1 aliphatic rings. The van der Waals surface area contributed by atoms with Crippen molar-refractivity contribution >= 4 is 7.60 Å². The van der Waals surface area contributed by atoms with Crippen LogP contribution in [-0.4, -0.2) is 40.4 Å². The van der Waals surface area contributed by atoms with Gasteiger partial charge in [-0.25, -0.2) is 4.89 Å². The number of nitrogens with one attached hydrogen (secondary N) is 1. The summed E-state index contributed by atoms with van der Waals surface area (Å²) in [5.74, 6) is 0.0113. The zero-order valence-electron chi connectivity index (χ0n) is 7.80. The van der Waals surface area contributed by atoms with Crippen LogP contribution in [0.1, 0.15) is 12.8 Å². The highest BCUT2D eigenvalue weighted by Gasteiger charge is 2.27. The molecule has 0 aromatic rings. The molecule has 0 radical (unpaired) electrons. The van der Waals surface area contributed by atoms with Crippen LogP contribution < -0.4 is 5.32 Å². The van der Waals surface area contributed by atoms with E-state index in [1.165, 1.54) is 0 Å². The zero-order valence-corrected chi connectivity index (χ0v) is 8.69. The fourth-order valence-electron chi connectivity index (χ4n) is 1.81. The van der Waals surface area contributed by atoms with Crippen molar-refractivity contribution in [1.29, 1.82) is 0 Å². The van der Waals surface area contributed by atoms with E-state index in [-0.39, 0.29) is 24.7 Å². The van der Waals surface area contributed by atoms with Gasteiger partial charge in [0.25, 0.3) is 0 Å². The van der Waals surface area contributed by atoms with Gasteiger partial charge in [0.15, 0.2) is 0 Å². The van der Waals surface area contributed by atoms with E-state index in [1.807, 2.05) is 0 Å². The summed E-state index contributed by atoms with van der Waals surface area (Å²) in [7, 11) is -3.91.